The lowest BCUT2D eigenvalue weighted by molar-refractivity contribution is 0.0949. The molecule has 0 saturated heterocycles. The van der Waals surface area contributed by atoms with Crippen LogP contribution in [0.5, 0.6) is 0 Å². The molecule has 0 aliphatic heterocycles. The molecule has 0 aliphatic carbocycles. The number of carbonyl (C=O) groups excluding carboxylic acids is 1. The van der Waals surface area contributed by atoms with Crippen molar-refractivity contribution in [3.63, 3.8) is 0 Å². The van der Waals surface area contributed by atoms with E-state index in [9.17, 15) is 4.79 Å². The van der Waals surface area contributed by atoms with E-state index < -0.39 is 0 Å². The second kappa shape index (κ2) is 6.16. The normalized spacial score (nSPS) is 10.1. The van der Waals surface area contributed by atoms with Gasteiger partial charge in [0.25, 0.3) is 5.91 Å². The van der Waals surface area contributed by atoms with E-state index in [4.69, 9.17) is 16.9 Å². The Kier molecular flexibility index (Phi) is 4.85. The molecule has 0 radical (unpaired) electrons. The predicted molar refractivity (Wildman–Crippen MR) is 63.7 cm³/mol. The molecule has 6 heteroatoms. The van der Waals surface area contributed by atoms with Crippen LogP contribution in [0, 0.1) is 11.3 Å². The van der Waals surface area contributed by atoms with Gasteiger partial charge in [0.1, 0.15) is 11.5 Å². The van der Waals surface area contributed by atoms with E-state index in [2.05, 4.69) is 15.3 Å². The number of halogens is 1. The van der Waals surface area contributed by atoms with Crippen molar-refractivity contribution in [2.45, 2.75) is 26.2 Å². The van der Waals surface area contributed by atoms with Crippen molar-refractivity contribution in [1.29, 1.82) is 5.26 Å². The summed E-state index contributed by atoms with van der Waals surface area (Å²) in [6.07, 6.45) is 1.68. The van der Waals surface area contributed by atoms with E-state index in [0.29, 0.717) is 5.82 Å². The standard InChI is InChI=1S/C11H13ClN4O/c1-7(2)10-15-6-8(12)9(16-10)11(17)14-5-3-4-13/h6-7H,3,5H2,1-2H3,(H,14,17). The molecule has 17 heavy (non-hydrogen) atoms. The van der Waals surface area contributed by atoms with Crippen LogP contribution in [0.1, 0.15) is 42.5 Å². The van der Waals surface area contributed by atoms with Gasteiger partial charge in [-0.2, -0.15) is 5.26 Å². The van der Waals surface area contributed by atoms with Crippen LogP contribution in [0.2, 0.25) is 5.02 Å². The first kappa shape index (κ1) is 13.4. The first-order valence-corrected chi connectivity index (χ1v) is 5.61. The van der Waals surface area contributed by atoms with Crippen LogP contribution in [-0.4, -0.2) is 22.4 Å². The monoisotopic (exact) mass is 252 g/mol. The number of aromatic nitrogens is 2. The highest BCUT2D eigenvalue weighted by atomic mass is 35.5. The van der Waals surface area contributed by atoms with Gasteiger partial charge in [-0.25, -0.2) is 9.97 Å². The fraction of sp³-hybridized carbons (Fsp3) is 0.455. The van der Waals surface area contributed by atoms with Crippen molar-refractivity contribution >= 4 is 17.5 Å². The van der Waals surface area contributed by atoms with Crippen LogP contribution in [0.3, 0.4) is 0 Å². The molecular formula is C11H13ClN4O. The zero-order valence-corrected chi connectivity index (χ0v) is 10.5. The number of nitrogens with zero attached hydrogens (tertiary/aromatic N) is 3. The Balaban J connectivity index is 2.85. The fourth-order valence-corrected chi connectivity index (χ4v) is 1.31. The maximum Gasteiger partial charge on any atom is 0.271 e. The van der Waals surface area contributed by atoms with Gasteiger partial charge in [-0.1, -0.05) is 25.4 Å². The summed E-state index contributed by atoms with van der Waals surface area (Å²) in [4.78, 5) is 19.9. The maximum absolute atomic E-state index is 11.7. The van der Waals surface area contributed by atoms with Crippen molar-refractivity contribution in [1.82, 2.24) is 15.3 Å². The second-order valence-corrected chi connectivity index (χ2v) is 4.15. The number of carbonyl (C=O) groups is 1. The van der Waals surface area contributed by atoms with Gasteiger partial charge in [0.2, 0.25) is 0 Å². The number of amides is 1. The van der Waals surface area contributed by atoms with Crippen molar-refractivity contribution in [3.05, 3.63) is 22.7 Å². The van der Waals surface area contributed by atoms with Gasteiger partial charge in [-0.05, 0) is 0 Å². The van der Waals surface area contributed by atoms with Crippen molar-refractivity contribution in [3.8, 4) is 6.07 Å². The summed E-state index contributed by atoms with van der Waals surface area (Å²) in [6.45, 7) is 4.15. The van der Waals surface area contributed by atoms with E-state index in [1.807, 2.05) is 19.9 Å². The molecule has 1 aromatic heterocycles. The van der Waals surface area contributed by atoms with Crippen molar-refractivity contribution in [2.75, 3.05) is 6.54 Å². The summed E-state index contributed by atoms with van der Waals surface area (Å²) < 4.78 is 0. The molecule has 5 nitrogen and oxygen atoms in total. The minimum Gasteiger partial charge on any atom is -0.350 e. The second-order valence-electron chi connectivity index (χ2n) is 3.74. The molecule has 0 fully saturated rings. The third kappa shape index (κ3) is 3.68. The fourth-order valence-electron chi connectivity index (χ4n) is 1.13. The topological polar surface area (TPSA) is 78.7 Å². The molecule has 0 aromatic carbocycles. The molecule has 0 unspecified atom stereocenters. The number of nitriles is 1. The van der Waals surface area contributed by atoms with Gasteiger partial charge in [0, 0.05) is 12.5 Å². The van der Waals surface area contributed by atoms with E-state index in [1.54, 1.807) is 0 Å². The highest BCUT2D eigenvalue weighted by Crippen LogP contribution is 2.16. The van der Waals surface area contributed by atoms with E-state index in [0.717, 1.165) is 0 Å². The van der Waals surface area contributed by atoms with Gasteiger partial charge in [0.15, 0.2) is 0 Å². The molecule has 1 N–H and O–H groups in total. The van der Waals surface area contributed by atoms with Crippen molar-refractivity contribution < 1.29 is 4.79 Å². The molecule has 0 atom stereocenters. The minimum atomic E-state index is -0.380. The summed E-state index contributed by atoms with van der Waals surface area (Å²) in [6, 6.07) is 1.94. The third-order valence-corrected chi connectivity index (χ3v) is 2.29. The number of nitrogens with one attached hydrogen (secondary N) is 1. The van der Waals surface area contributed by atoms with Crippen LogP contribution in [-0.2, 0) is 0 Å². The highest BCUT2D eigenvalue weighted by molar-refractivity contribution is 6.33. The van der Waals surface area contributed by atoms with Crippen LogP contribution in [0.25, 0.3) is 0 Å². The van der Waals surface area contributed by atoms with Gasteiger partial charge >= 0.3 is 0 Å². The van der Waals surface area contributed by atoms with E-state index in [-0.39, 0.29) is 35.5 Å². The maximum atomic E-state index is 11.7. The molecular weight excluding hydrogens is 240 g/mol. The molecule has 0 saturated carbocycles. The Morgan fingerprint density at radius 3 is 2.94 bits per heavy atom. The number of hydrogen-bond acceptors (Lipinski definition) is 4. The summed E-state index contributed by atoms with van der Waals surface area (Å²) in [5.74, 6) is 0.312. The van der Waals surface area contributed by atoms with E-state index >= 15 is 0 Å². The number of rotatable bonds is 4. The first-order valence-electron chi connectivity index (χ1n) is 5.23. The van der Waals surface area contributed by atoms with Gasteiger partial charge in [-0.3, -0.25) is 4.79 Å². The van der Waals surface area contributed by atoms with Crippen LogP contribution in [0.4, 0.5) is 0 Å². The zero-order chi connectivity index (χ0) is 12.8. The van der Waals surface area contributed by atoms with Gasteiger partial charge < -0.3 is 5.32 Å². The Morgan fingerprint density at radius 1 is 1.65 bits per heavy atom. The van der Waals surface area contributed by atoms with Gasteiger partial charge in [-0.15, -0.1) is 0 Å². The Morgan fingerprint density at radius 2 is 2.35 bits per heavy atom. The summed E-state index contributed by atoms with van der Waals surface area (Å²) >= 11 is 5.86. The SMILES string of the molecule is CC(C)c1ncc(Cl)c(C(=O)NCCC#N)n1. The first-order chi connectivity index (χ1) is 8.06. The summed E-state index contributed by atoms with van der Waals surface area (Å²) in [5.41, 5.74) is 0.156. The third-order valence-electron chi connectivity index (χ3n) is 2.02. The lowest BCUT2D eigenvalue weighted by Gasteiger charge is -2.07. The summed E-state index contributed by atoms with van der Waals surface area (Å²) in [5, 5.41) is 11.2. The minimum absolute atomic E-state index is 0.123. The predicted octanol–water partition coefficient (Wildman–Crippen LogP) is 1.90. The largest absolute Gasteiger partial charge is 0.350 e. The summed E-state index contributed by atoms with van der Waals surface area (Å²) in [7, 11) is 0. The Labute approximate surface area is 105 Å². The van der Waals surface area contributed by atoms with Crippen molar-refractivity contribution in [2.24, 2.45) is 0 Å². The molecule has 90 valence electrons. The zero-order valence-electron chi connectivity index (χ0n) is 9.70. The quantitative estimate of drug-likeness (QED) is 0.830. The number of hydrogen-bond donors (Lipinski definition) is 1. The lowest BCUT2D eigenvalue weighted by atomic mass is 10.2. The lowest BCUT2D eigenvalue weighted by Crippen LogP contribution is -2.26. The highest BCUT2D eigenvalue weighted by Gasteiger charge is 2.14. The van der Waals surface area contributed by atoms with E-state index in [1.165, 1.54) is 6.20 Å². The Hall–Kier alpha value is -1.67. The molecule has 0 aliphatic rings. The average Bonchev–Trinajstić information content (AvgIpc) is 2.29. The molecule has 1 heterocycles. The molecule has 1 aromatic rings. The van der Waals surface area contributed by atoms with Gasteiger partial charge in [0.05, 0.1) is 23.7 Å². The smallest absolute Gasteiger partial charge is 0.271 e. The van der Waals surface area contributed by atoms with Crippen LogP contribution < -0.4 is 5.32 Å². The Bertz CT molecular complexity index is 453. The average molecular weight is 253 g/mol. The van der Waals surface area contributed by atoms with Crippen LogP contribution >= 0.6 is 11.6 Å². The van der Waals surface area contributed by atoms with Crippen LogP contribution in [0.15, 0.2) is 6.20 Å². The molecule has 0 bridgehead atoms. The molecule has 0 spiro atoms. The molecule has 1 amide bonds. The molecule has 1 rings (SSSR count).